The summed E-state index contributed by atoms with van der Waals surface area (Å²) in [7, 11) is 0. The van der Waals surface area contributed by atoms with Crippen LogP contribution in [0.4, 0.5) is 4.39 Å². The van der Waals surface area contributed by atoms with E-state index in [1.807, 2.05) is 6.07 Å². The molecule has 1 saturated carbocycles. The highest BCUT2D eigenvalue weighted by Gasteiger charge is 2.58. The van der Waals surface area contributed by atoms with Gasteiger partial charge in [-0.25, -0.2) is 9.37 Å². The van der Waals surface area contributed by atoms with Crippen LogP contribution in [0.5, 0.6) is 11.6 Å². The fourth-order valence-corrected chi connectivity index (χ4v) is 3.62. The summed E-state index contributed by atoms with van der Waals surface area (Å²) < 4.78 is 24.0. The molecule has 7 heteroatoms. The fraction of sp³-hybridized carbons (Fsp3) is 0.316. The van der Waals surface area contributed by atoms with Gasteiger partial charge in [-0.05, 0) is 55.1 Å². The van der Waals surface area contributed by atoms with Crippen molar-refractivity contribution >= 4 is 0 Å². The minimum Gasteiger partial charge on any atom is -0.439 e. The maximum atomic E-state index is 12.9. The van der Waals surface area contributed by atoms with E-state index in [0.717, 1.165) is 31.0 Å². The van der Waals surface area contributed by atoms with Crippen molar-refractivity contribution in [3.05, 3.63) is 54.3 Å². The molecule has 1 aliphatic heterocycles. The number of aromatic nitrogens is 3. The Bertz CT molecular complexity index is 917. The van der Waals surface area contributed by atoms with E-state index in [4.69, 9.17) is 9.26 Å². The third-order valence-electron chi connectivity index (χ3n) is 5.24. The van der Waals surface area contributed by atoms with Crippen molar-refractivity contribution in [3.63, 3.8) is 0 Å². The van der Waals surface area contributed by atoms with Gasteiger partial charge in [0.2, 0.25) is 17.6 Å². The number of rotatable bonds is 4. The molecule has 0 radical (unpaired) electrons. The van der Waals surface area contributed by atoms with Crippen molar-refractivity contribution in [2.75, 3.05) is 13.1 Å². The highest BCUT2D eigenvalue weighted by atomic mass is 19.1. The molecule has 132 valence electrons. The van der Waals surface area contributed by atoms with E-state index in [1.54, 1.807) is 24.4 Å². The molecule has 2 aromatic heterocycles. The lowest BCUT2D eigenvalue weighted by atomic mass is 10.0. The summed E-state index contributed by atoms with van der Waals surface area (Å²) >= 11 is 0. The lowest BCUT2D eigenvalue weighted by Crippen LogP contribution is -2.10. The summed E-state index contributed by atoms with van der Waals surface area (Å²) in [5, 5.41) is 7.50. The Morgan fingerprint density at radius 2 is 2.08 bits per heavy atom. The van der Waals surface area contributed by atoms with Crippen LogP contribution in [0.2, 0.25) is 0 Å². The van der Waals surface area contributed by atoms with Crippen molar-refractivity contribution in [1.82, 2.24) is 20.4 Å². The van der Waals surface area contributed by atoms with Crippen molar-refractivity contribution in [2.24, 2.45) is 5.41 Å². The van der Waals surface area contributed by atoms with Gasteiger partial charge in [0.05, 0.1) is 0 Å². The zero-order chi connectivity index (χ0) is 17.6. The third-order valence-corrected chi connectivity index (χ3v) is 5.24. The van der Waals surface area contributed by atoms with Crippen LogP contribution in [-0.4, -0.2) is 28.2 Å². The van der Waals surface area contributed by atoms with Crippen LogP contribution in [0.3, 0.4) is 0 Å². The number of nitrogens with one attached hydrogen (secondary N) is 1. The van der Waals surface area contributed by atoms with Gasteiger partial charge in [-0.3, -0.25) is 0 Å². The van der Waals surface area contributed by atoms with Crippen LogP contribution in [0.1, 0.15) is 24.7 Å². The first kappa shape index (κ1) is 15.5. The Labute approximate surface area is 149 Å². The molecule has 3 aromatic rings. The van der Waals surface area contributed by atoms with Crippen LogP contribution >= 0.6 is 0 Å². The van der Waals surface area contributed by atoms with E-state index in [2.05, 4.69) is 20.4 Å². The summed E-state index contributed by atoms with van der Waals surface area (Å²) in [6.07, 6.45) is 3.93. The molecule has 2 fully saturated rings. The first-order valence-corrected chi connectivity index (χ1v) is 8.66. The number of pyridine rings is 1. The molecule has 1 N–H and O–H groups in total. The van der Waals surface area contributed by atoms with E-state index < -0.39 is 0 Å². The SMILES string of the molecule is Fc1ccc(Oc2ccc(-c3noc(C4CC45CCNC5)n3)cn2)cc1. The molecule has 2 aliphatic rings. The molecule has 1 saturated heterocycles. The second kappa shape index (κ2) is 5.88. The minimum atomic E-state index is -0.306. The Morgan fingerprint density at radius 1 is 1.19 bits per heavy atom. The van der Waals surface area contributed by atoms with Crippen LogP contribution < -0.4 is 10.1 Å². The quantitative estimate of drug-likeness (QED) is 0.774. The molecule has 5 rings (SSSR count). The predicted molar refractivity (Wildman–Crippen MR) is 91.3 cm³/mol. The van der Waals surface area contributed by atoms with Crippen molar-refractivity contribution in [2.45, 2.75) is 18.8 Å². The Balaban J connectivity index is 1.29. The summed E-state index contributed by atoms with van der Waals surface area (Å²) in [5.74, 6) is 2.26. The molecule has 6 nitrogen and oxygen atoms in total. The number of nitrogens with zero attached hydrogens (tertiary/aromatic N) is 3. The van der Waals surface area contributed by atoms with Crippen LogP contribution in [0.15, 0.2) is 47.1 Å². The van der Waals surface area contributed by atoms with E-state index in [0.29, 0.717) is 28.8 Å². The van der Waals surface area contributed by atoms with Crippen molar-refractivity contribution in [3.8, 4) is 23.0 Å². The number of hydrogen-bond donors (Lipinski definition) is 1. The van der Waals surface area contributed by atoms with E-state index in [9.17, 15) is 4.39 Å². The van der Waals surface area contributed by atoms with Gasteiger partial charge in [0.25, 0.3) is 0 Å². The van der Waals surface area contributed by atoms with Gasteiger partial charge in [-0.1, -0.05) is 5.16 Å². The minimum absolute atomic E-state index is 0.306. The molecule has 3 heterocycles. The number of halogens is 1. The molecule has 0 amide bonds. The first-order chi connectivity index (χ1) is 12.7. The van der Waals surface area contributed by atoms with Gasteiger partial charge in [0, 0.05) is 30.3 Å². The molecule has 26 heavy (non-hydrogen) atoms. The van der Waals surface area contributed by atoms with E-state index in [-0.39, 0.29) is 5.82 Å². The maximum Gasteiger partial charge on any atom is 0.230 e. The second-order valence-electron chi connectivity index (χ2n) is 6.94. The maximum absolute atomic E-state index is 12.9. The summed E-state index contributed by atoms with van der Waals surface area (Å²) in [4.78, 5) is 8.82. The molecule has 1 aliphatic carbocycles. The number of ether oxygens (including phenoxy) is 1. The zero-order valence-corrected chi connectivity index (χ0v) is 14.0. The van der Waals surface area contributed by atoms with Crippen molar-refractivity contribution < 1.29 is 13.7 Å². The van der Waals surface area contributed by atoms with Gasteiger partial charge >= 0.3 is 0 Å². The van der Waals surface area contributed by atoms with Crippen LogP contribution in [0.25, 0.3) is 11.4 Å². The second-order valence-corrected chi connectivity index (χ2v) is 6.94. The third kappa shape index (κ3) is 2.74. The number of benzene rings is 1. The lowest BCUT2D eigenvalue weighted by Gasteiger charge is -2.04. The summed E-state index contributed by atoms with van der Waals surface area (Å²) in [6.45, 7) is 2.10. The smallest absolute Gasteiger partial charge is 0.230 e. The van der Waals surface area contributed by atoms with Crippen LogP contribution in [0, 0.1) is 11.2 Å². The zero-order valence-electron chi connectivity index (χ0n) is 14.0. The summed E-state index contributed by atoms with van der Waals surface area (Å²) in [6, 6.07) is 9.36. The van der Waals surface area contributed by atoms with Gasteiger partial charge in [-0.15, -0.1) is 0 Å². The lowest BCUT2D eigenvalue weighted by molar-refractivity contribution is 0.364. The molecule has 0 bridgehead atoms. The van der Waals surface area contributed by atoms with E-state index >= 15 is 0 Å². The topological polar surface area (TPSA) is 73.1 Å². The Kier molecular flexibility index (Phi) is 3.49. The molecule has 1 spiro atoms. The van der Waals surface area contributed by atoms with Gasteiger partial charge < -0.3 is 14.6 Å². The van der Waals surface area contributed by atoms with Gasteiger partial charge in [-0.2, -0.15) is 4.98 Å². The molecule has 2 unspecified atom stereocenters. The standard InChI is InChI=1S/C19H17FN4O2/c20-13-2-4-14(5-3-13)25-16-6-1-12(10-22-16)17-23-18(26-24-17)15-9-19(15)7-8-21-11-19/h1-6,10,15,21H,7-9,11H2. The average molecular weight is 352 g/mol. The highest BCUT2D eigenvalue weighted by Crippen LogP contribution is 2.62. The Morgan fingerprint density at radius 3 is 2.81 bits per heavy atom. The highest BCUT2D eigenvalue weighted by molar-refractivity contribution is 5.53. The summed E-state index contributed by atoms with van der Waals surface area (Å²) in [5.41, 5.74) is 1.10. The first-order valence-electron chi connectivity index (χ1n) is 8.66. The van der Waals surface area contributed by atoms with Gasteiger partial charge in [0.15, 0.2) is 0 Å². The fourth-order valence-electron chi connectivity index (χ4n) is 3.62. The van der Waals surface area contributed by atoms with Crippen molar-refractivity contribution in [1.29, 1.82) is 0 Å². The Hall–Kier alpha value is -2.80. The normalized spacial score (nSPS) is 24.1. The van der Waals surface area contributed by atoms with E-state index in [1.165, 1.54) is 18.6 Å². The van der Waals surface area contributed by atoms with Gasteiger partial charge in [0.1, 0.15) is 11.6 Å². The monoisotopic (exact) mass is 352 g/mol. The molecule has 2 atom stereocenters. The molecule has 1 aromatic carbocycles. The van der Waals surface area contributed by atoms with Crippen LogP contribution in [-0.2, 0) is 0 Å². The molecular formula is C19H17FN4O2. The molecular weight excluding hydrogens is 335 g/mol. The predicted octanol–water partition coefficient (Wildman–Crippen LogP) is 3.53. The number of hydrogen-bond acceptors (Lipinski definition) is 6. The largest absolute Gasteiger partial charge is 0.439 e. The average Bonchev–Trinajstić information content (AvgIpc) is 3.02.